The molecule has 0 heterocycles. The number of phenolic OH excluding ortho intramolecular Hbond substituents is 2. The van der Waals surface area contributed by atoms with Gasteiger partial charge in [-0.15, -0.1) is 0 Å². The van der Waals surface area contributed by atoms with E-state index in [0.717, 1.165) is 0 Å². The molecule has 0 aliphatic carbocycles. The molecule has 7 nitrogen and oxygen atoms in total. The van der Waals surface area contributed by atoms with E-state index in [4.69, 9.17) is 13.3 Å². The van der Waals surface area contributed by atoms with Gasteiger partial charge in [0.15, 0.2) is 11.6 Å². The lowest BCUT2D eigenvalue weighted by atomic mass is 9.89. The Bertz CT molecular complexity index is 1180. The molecule has 0 radical (unpaired) electrons. The summed E-state index contributed by atoms with van der Waals surface area (Å²) < 4.78 is 17.7. The predicted octanol–water partition coefficient (Wildman–Crippen LogP) is 5.54. The number of rotatable bonds is 14. The SMILES string of the molecule is CCO[Si](CCCc1c(O)cc(C(=O)c2ccccc2)c(C(=O)c2ccccc2)c1O)(OCC)OCC. The van der Waals surface area contributed by atoms with Crippen LogP contribution in [0.3, 0.4) is 0 Å². The second kappa shape index (κ2) is 13.3. The van der Waals surface area contributed by atoms with Gasteiger partial charge >= 0.3 is 8.80 Å². The number of hydrogen-bond acceptors (Lipinski definition) is 7. The first kappa shape index (κ1) is 28.3. The number of phenols is 2. The monoisotopic (exact) mass is 522 g/mol. The van der Waals surface area contributed by atoms with Gasteiger partial charge in [-0.1, -0.05) is 60.7 Å². The Balaban J connectivity index is 2.02. The van der Waals surface area contributed by atoms with Crippen molar-refractivity contribution < 1.29 is 33.1 Å². The highest BCUT2D eigenvalue weighted by molar-refractivity contribution is 6.60. The Hall–Kier alpha value is -3.30. The molecule has 0 amide bonds. The van der Waals surface area contributed by atoms with Crippen LogP contribution >= 0.6 is 0 Å². The molecule has 3 aromatic rings. The maximum absolute atomic E-state index is 13.5. The van der Waals surface area contributed by atoms with Gasteiger partial charge in [0.25, 0.3) is 0 Å². The fraction of sp³-hybridized carbons (Fsp3) is 0.310. The van der Waals surface area contributed by atoms with Crippen molar-refractivity contribution in [3.05, 3.63) is 94.5 Å². The molecule has 8 heteroatoms. The van der Waals surface area contributed by atoms with Gasteiger partial charge < -0.3 is 23.5 Å². The molecule has 37 heavy (non-hydrogen) atoms. The fourth-order valence-electron chi connectivity index (χ4n) is 4.31. The molecule has 0 bridgehead atoms. The average Bonchev–Trinajstić information content (AvgIpc) is 2.91. The summed E-state index contributed by atoms with van der Waals surface area (Å²) in [5.74, 6) is -1.62. The lowest BCUT2D eigenvalue weighted by Crippen LogP contribution is -2.46. The lowest BCUT2D eigenvalue weighted by molar-refractivity contribution is 0.0708. The van der Waals surface area contributed by atoms with E-state index >= 15 is 0 Å². The minimum atomic E-state index is -2.93. The molecule has 0 aliphatic heterocycles. The van der Waals surface area contributed by atoms with Crippen molar-refractivity contribution >= 4 is 20.4 Å². The Morgan fingerprint density at radius 2 is 1.24 bits per heavy atom. The van der Waals surface area contributed by atoms with Crippen molar-refractivity contribution in [3.63, 3.8) is 0 Å². The van der Waals surface area contributed by atoms with E-state index in [1.165, 1.54) is 6.07 Å². The zero-order chi connectivity index (χ0) is 26.8. The number of ketones is 2. The van der Waals surface area contributed by atoms with E-state index in [1.54, 1.807) is 60.7 Å². The summed E-state index contributed by atoms with van der Waals surface area (Å²) >= 11 is 0. The van der Waals surface area contributed by atoms with Crippen LogP contribution in [0, 0.1) is 0 Å². The summed E-state index contributed by atoms with van der Waals surface area (Å²) in [5, 5.41) is 22.2. The van der Waals surface area contributed by atoms with Gasteiger partial charge in [-0.05, 0) is 39.7 Å². The molecular weight excluding hydrogens is 488 g/mol. The van der Waals surface area contributed by atoms with Gasteiger partial charge in [-0.3, -0.25) is 9.59 Å². The first-order chi connectivity index (χ1) is 17.9. The number of hydrogen-bond donors (Lipinski definition) is 2. The van der Waals surface area contributed by atoms with E-state index < -0.39 is 26.1 Å². The maximum atomic E-state index is 13.5. The van der Waals surface area contributed by atoms with Crippen LogP contribution in [0.2, 0.25) is 6.04 Å². The number of carbonyl (C=O) groups is 2. The van der Waals surface area contributed by atoms with Gasteiger partial charge in [0.2, 0.25) is 0 Å². The van der Waals surface area contributed by atoms with Crippen LogP contribution in [0.25, 0.3) is 0 Å². The van der Waals surface area contributed by atoms with Gasteiger partial charge in [0.05, 0.1) is 5.56 Å². The molecule has 3 aromatic carbocycles. The van der Waals surface area contributed by atoms with Crippen LogP contribution < -0.4 is 0 Å². The van der Waals surface area contributed by atoms with Crippen molar-refractivity contribution in [1.82, 2.24) is 0 Å². The van der Waals surface area contributed by atoms with Crippen molar-refractivity contribution in [2.45, 2.75) is 39.7 Å². The highest BCUT2D eigenvalue weighted by Crippen LogP contribution is 2.38. The van der Waals surface area contributed by atoms with Gasteiger partial charge in [-0.25, -0.2) is 0 Å². The van der Waals surface area contributed by atoms with E-state index in [1.807, 2.05) is 20.8 Å². The van der Waals surface area contributed by atoms with Crippen LogP contribution in [0.15, 0.2) is 66.7 Å². The van der Waals surface area contributed by atoms with Crippen molar-refractivity contribution in [1.29, 1.82) is 0 Å². The Kier molecular flexibility index (Phi) is 10.2. The van der Waals surface area contributed by atoms with Crippen LogP contribution in [-0.4, -0.2) is 50.4 Å². The molecule has 0 atom stereocenters. The van der Waals surface area contributed by atoms with Gasteiger partial charge in [0, 0.05) is 48.1 Å². The van der Waals surface area contributed by atoms with Gasteiger partial charge in [0.1, 0.15) is 11.5 Å². The second-order valence-electron chi connectivity index (χ2n) is 8.37. The van der Waals surface area contributed by atoms with E-state index in [-0.39, 0.29) is 28.9 Å². The quantitative estimate of drug-likeness (QED) is 0.212. The standard InChI is InChI=1S/C29H34O7Si/c1-4-34-37(35-5-2,36-6-3)19-13-18-23-25(30)20-24(27(31)21-14-9-7-10-15-21)26(29(23)33)28(32)22-16-11-8-12-17-22/h7-12,14-17,20,30,33H,4-6,13,18-19H2,1-3H3. The van der Waals surface area contributed by atoms with Crippen LogP contribution in [0.5, 0.6) is 11.5 Å². The molecule has 0 saturated heterocycles. The summed E-state index contributed by atoms with van der Waals surface area (Å²) in [7, 11) is -2.93. The molecule has 3 rings (SSSR count). The van der Waals surface area contributed by atoms with Crippen molar-refractivity contribution in [2.24, 2.45) is 0 Å². The molecule has 2 N–H and O–H groups in total. The first-order valence-corrected chi connectivity index (χ1v) is 14.5. The summed E-state index contributed by atoms with van der Waals surface area (Å²) in [6, 6.07) is 18.6. The van der Waals surface area contributed by atoms with Crippen molar-refractivity contribution in [3.8, 4) is 11.5 Å². The van der Waals surface area contributed by atoms with E-state index in [9.17, 15) is 19.8 Å². The third-order valence-electron chi connectivity index (χ3n) is 5.93. The highest BCUT2D eigenvalue weighted by atomic mass is 28.4. The Morgan fingerprint density at radius 3 is 1.73 bits per heavy atom. The van der Waals surface area contributed by atoms with Crippen LogP contribution in [0.4, 0.5) is 0 Å². The lowest BCUT2D eigenvalue weighted by Gasteiger charge is -2.28. The molecule has 0 saturated carbocycles. The van der Waals surface area contributed by atoms with Gasteiger partial charge in [-0.2, -0.15) is 0 Å². The average molecular weight is 523 g/mol. The summed E-state index contributed by atoms with van der Waals surface area (Å²) in [6.45, 7) is 6.95. The maximum Gasteiger partial charge on any atom is 0.500 e. The molecular formula is C29H34O7Si. The van der Waals surface area contributed by atoms with Crippen molar-refractivity contribution in [2.75, 3.05) is 19.8 Å². The molecule has 0 aliphatic rings. The zero-order valence-corrected chi connectivity index (χ0v) is 22.5. The molecule has 196 valence electrons. The number of aromatic hydroxyl groups is 2. The molecule has 0 spiro atoms. The number of benzene rings is 3. The van der Waals surface area contributed by atoms with Crippen LogP contribution in [0.1, 0.15) is 64.6 Å². The summed E-state index contributed by atoms with van der Waals surface area (Å²) in [6.07, 6.45) is 0.701. The smallest absolute Gasteiger partial charge is 0.500 e. The molecule has 0 aromatic heterocycles. The largest absolute Gasteiger partial charge is 0.508 e. The second-order valence-corrected chi connectivity index (χ2v) is 11.1. The van der Waals surface area contributed by atoms with Crippen LogP contribution in [-0.2, 0) is 19.7 Å². The predicted molar refractivity (Wildman–Crippen MR) is 143 cm³/mol. The topological polar surface area (TPSA) is 102 Å². The first-order valence-electron chi connectivity index (χ1n) is 12.6. The zero-order valence-electron chi connectivity index (χ0n) is 21.5. The third-order valence-corrected chi connectivity index (χ3v) is 9.08. The summed E-state index contributed by atoms with van der Waals surface area (Å²) in [4.78, 5) is 26.9. The third kappa shape index (κ3) is 6.72. The Morgan fingerprint density at radius 1 is 0.757 bits per heavy atom. The summed E-state index contributed by atoms with van der Waals surface area (Å²) in [5.41, 5.74) is 0.677. The Labute approximate surface area is 219 Å². The number of carbonyl (C=O) groups excluding carboxylic acids is 2. The van der Waals surface area contributed by atoms with E-state index in [0.29, 0.717) is 43.4 Å². The minimum Gasteiger partial charge on any atom is -0.508 e. The van der Waals surface area contributed by atoms with E-state index in [2.05, 4.69) is 0 Å². The normalized spacial score (nSPS) is 11.4. The highest BCUT2D eigenvalue weighted by Gasteiger charge is 2.40. The molecule has 0 fully saturated rings. The minimum absolute atomic E-state index is 0.0551. The fourth-order valence-corrected chi connectivity index (χ4v) is 6.93. The molecule has 0 unspecified atom stereocenters.